The molecule has 0 bridgehead atoms. The van der Waals surface area contributed by atoms with Gasteiger partial charge in [0.1, 0.15) is 35.4 Å². The number of allylic oxidation sites excluding steroid dienone is 2. The Labute approximate surface area is 154 Å². The molecule has 2 aliphatic heterocycles. The molecule has 1 unspecified atom stereocenters. The van der Waals surface area contributed by atoms with Gasteiger partial charge in [-0.1, -0.05) is 0 Å². The number of aliphatic hydroxyl groups excluding tert-OH is 1. The van der Waals surface area contributed by atoms with Crippen molar-refractivity contribution >= 4 is 12.0 Å². The Kier molecular flexibility index (Phi) is 5.36. The molecule has 0 saturated carbocycles. The van der Waals surface area contributed by atoms with Crippen LogP contribution in [-0.2, 0) is 19.0 Å². The zero-order valence-electron chi connectivity index (χ0n) is 15.1. The summed E-state index contributed by atoms with van der Waals surface area (Å²) in [7, 11) is 0. The third kappa shape index (κ3) is 4.52. The summed E-state index contributed by atoms with van der Waals surface area (Å²) >= 11 is 0. The van der Waals surface area contributed by atoms with E-state index in [2.05, 4.69) is 9.73 Å². The number of carbonyl (C=O) groups is 1. The summed E-state index contributed by atoms with van der Waals surface area (Å²) in [5.74, 6) is -0.147. The first-order valence-electron chi connectivity index (χ1n) is 8.82. The second-order valence-electron chi connectivity index (χ2n) is 7.31. The van der Waals surface area contributed by atoms with E-state index in [1.165, 1.54) is 6.08 Å². The van der Waals surface area contributed by atoms with Gasteiger partial charge < -0.3 is 19.3 Å². The number of aliphatic imine (C=N–C) groups is 1. The third-order valence-electron chi connectivity index (χ3n) is 4.81. The van der Waals surface area contributed by atoms with Crippen molar-refractivity contribution in [2.45, 2.75) is 69.7 Å². The molecule has 1 N–H and O–H groups in total. The fraction of sp³-hybridized carbons (Fsp3) is 0.667. The molecule has 6 nitrogen and oxygen atoms in total. The summed E-state index contributed by atoms with van der Waals surface area (Å²) in [6.07, 6.45) is -2.60. The zero-order chi connectivity index (χ0) is 19.8. The second kappa shape index (κ2) is 7.27. The van der Waals surface area contributed by atoms with Crippen LogP contribution in [0, 0.1) is 0 Å². The largest absolute Gasteiger partial charge is 0.572 e. The average molecular weight is 389 g/mol. The van der Waals surface area contributed by atoms with Crippen LogP contribution < -0.4 is 0 Å². The molecule has 1 fully saturated rings. The van der Waals surface area contributed by atoms with Crippen LogP contribution in [-0.4, -0.2) is 53.9 Å². The molecule has 1 aliphatic carbocycles. The summed E-state index contributed by atoms with van der Waals surface area (Å²) < 4.78 is 52.7. The molecule has 9 heteroatoms. The van der Waals surface area contributed by atoms with Gasteiger partial charge in [-0.05, 0) is 32.8 Å². The van der Waals surface area contributed by atoms with E-state index in [0.29, 0.717) is 24.4 Å². The summed E-state index contributed by atoms with van der Waals surface area (Å²) in [5.41, 5.74) is -0.701. The first kappa shape index (κ1) is 19.9. The van der Waals surface area contributed by atoms with Gasteiger partial charge in [0, 0.05) is 25.0 Å². The highest BCUT2D eigenvalue weighted by Crippen LogP contribution is 2.40. The van der Waals surface area contributed by atoms with Gasteiger partial charge >= 0.3 is 6.36 Å². The fourth-order valence-corrected chi connectivity index (χ4v) is 3.43. The topological polar surface area (TPSA) is 77.4 Å². The second-order valence-corrected chi connectivity index (χ2v) is 7.31. The fourth-order valence-electron chi connectivity index (χ4n) is 3.43. The predicted octanol–water partition coefficient (Wildman–Crippen LogP) is 2.81. The quantitative estimate of drug-likeness (QED) is 0.749. The number of halogens is 3. The molecule has 150 valence electrons. The van der Waals surface area contributed by atoms with Gasteiger partial charge in [-0.3, -0.25) is 9.79 Å². The number of alkyl halides is 3. The normalized spacial score (nSPS) is 30.7. The van der Waals surface area contributed by atoms with Crippen molar-refractivity contribution in [3.05, 3.63) is 23.2 Å². The number of nitrogens with zero attached hydrogens (tertiary/aromatic N) is 1. The number of hydrogen-bond acceptors (Lipinski definition) is 6. The van der Waals surface area contributed by atoms with Gasteiger partial charge in [0.25, 0.3) is 0 Å². The lowest BCUT2D eigenvalue weighted by Crippen LogP contribution is -2.50. The van der Waals surface area contributed by atoms with Crippen LogP contribution in [0.15, 0.2) is 28.2 Å². The van der Waals surface area contributed by atoms with Gasteiger partial charge in [-0.25, -0.2) is 0 Å². The van der Waals surface area contributed by atoms with Crippen molar-refractivity contribution in [2.75, 3.05) is 6.61 Å². The summed E-state index contributed by atoms with van der Waals surface area (Å²) in [6, 6.07) is -0.929. The van der Waals surface area contributed by atoms with Crippen LogP contribution in [0.25, 0.3) is 0 Å². The first-order chi connectivity index (χ1) is 12.6. The maximum absolute atomic E-state index is 12.5. The molecule has 0 aromatic heterocycles. The highest BCUT2D eigenvalue weighted by molar-refractivity contribution is 6.29. The Bertz CT molecular complexity index is 690. The standard InChI is InChI=1S/C18H22F3NO5/c1-17(2)16(24)15(22-9-12(23)14-4-3-7-25-14)11-8-10(26-18(19,20)21)5-6-13(11)27-17/h8-9,14-16,24H,3-7H2,1-2H3/t14?,15-,16+/m1/s1. The highest BCUT2D eigenvalue weighted by atomic mass is 19.4. The van der Waals surface area contributed by atoms with Crippen molar-refractivity contribution < 1.29 is 37.3 Å². The Morgan fingerprint density at radius 3 is 2.78 bits per heavy atom. The van der Waals surface area contributed by atoms with Gasteiger partial charge in [0.2, 0.25) is 5.78 Å². The Balaban J connectivity index is 1.87. The van der Waals surface area contributed by atoms with Crippen molar-refractivity contribution in [1.82, 2.24) is 0 Å². The lowest BCUT2D eigenvalue weighted by molar-refractivity contribution is -0.306. The van der Waals surface area contributed by atoms with Crippen molar-refractivity contribution in [3.63, 3.8) is 0 Å². The maximum Gasteiger partial charge on any atom is 0.572 e. The average Bonchev–Trinajstić information content (AvgIpc) is 3.08. The smallest absolute Gasteiger partial charge is 0.489 e. The summed E-state index contributed by atoms with van der Waals surface area (Å²) in [4.78, 5) is 16.4. The SMILES string of the molecule is CC1(C)OC2=C(C=C(OC(F)(F)F)CC2)[C@@H](N=CC(=O)C2CCCO2)[C@@H]1O. The van der Waals surface area contributed by atoms with Crippen LogP contribution in [0.1, 0.15) is 39.5 Å². The number of hydrogen-bond donors (Lipinski definition) is 1. The molecule has 3 rings (SSSR count). The van der Waals surface area contributed by atoms with Gasteiger partial charge in [0.15, 0.2) is 0 Å². The minimum Gasteiger partial charge on any atom is -0.489 e. The molecule has 3 aliphatic rings. The van der Waals surface area contributed by atoms with E-state index in [-0.39, 0.29) is 24.4 Å². The molecule has 1 saturated heterocycles. The van der Waals surface area contributed by atoms with E-state index < -0.39 is 30.2 Å². The molecular formula is C18H22F3NO5. The number of Topliss-reactive ketones (excluding diaryl/α,β-unsaturated/α-hetero) is 1. The van der Waals surface area contributed by atoms with E-state index in [0.717, 1.165) is 12.6 Å². The molecule has 0 aromatic carbocycles. The predicted molar refractivity (Wildman–Crippen MR) is 88.9 cm³/mol. The summed E-state index contributed by atoms with van der Waals surface area (Å²) in [5, 5.41) is 10.6. The molecule has 0 amide bonds. The third-order valence-corrected chi connectivity index (χ3v) is 4.81. The van der Waals surface area contributed by atoms with E-state index in [9.17, 15) is 23.1 Å². The molecule has 3 atom stereocenters. The first-order valence-corrected chi connectivity index (χ1v) is 8.82. The van der Waals surface area contributed by atoms with Gasteiger partial charge in [-0.15, -0.1) is 13.2 Å². The van der Waals surface area contributed by atoms with E-state index in [4.69, 9.17) is 9.47 Å². The molecular weight excluding hydrogens is 367 g/mol. The van der Waals surface area contributed by atoms with Crippen molar-refractivity contribution in [2.24, 2.45) is 4.99 Å². The van der Waals surface area contributed by atoms with Gasteiger partial charge in [0.05, 0.1) is 6.21 Å². The lowest BCUT2D eigenvalue weighted by Gasteiger charge is -2.42. The molecule has 2 heterocycles. The summed E-state index contributed by atoms with van der Waals surface area (Å²) in [6.45, 7) is 3.84. The Morgan fingerprint density at radius 2 is 2.15 bits per heavy atom. The van der Waals surface area contributed by atoms with Crippen LogP contribution >= 0.6 is 0 Å². The van der Waals surface area contributed by atoms with Crippen LogP contribution in [0.4, 0.5) is 13.2 Å². The zero-order valence-corrected chi connectivity index (χ0v) is 15.1. The molecule has 27 heavy (non-hydrogen) atoms. The van der Waals surface area contributed by atoms with Crippen molar-refractivity contribution in [3.8, 4) is 0 Å². The number of ketones is 1. The minimum atomic E-state index is -4.80. The Hall–Kier alpha value is -1.87. The molecule has 0 aromatic rings. The van der Waals surface area contributed by atoms with Crippen LogP contribution in [0.5, 0.6) is 0 Å². The van der Waals surface area contributed by atoms with Crippen molar-refractivity contribution in [1.29, 1.82) is 0 Å². The number of aliphatic hydroxyl groups is 1. The monoisotopic (exact) mass is 389 g/mol. The van der Waals surface area contributed by atoms with Crippen LogP contribution in [0.2, 0.25) is 0 Å². The van der Waals surface area contributed by atoms with E-state index >= 15 is 0 Å². The van der Waals surface area contributed by atoms with E-state index in [1.54, 1.807) is 13.8 Å². The number of rotatable bonds is 4. The Morgan fingerprint density at radius 1 is 1.41 bits per heavy atom. The van der Waals surface area contributed by atoms with Crippen LogP contribution in [0.3, 0.4) is 0 Å². The van der Waals surface area contributed by atoms with E-state index in [1.807, 2.05) is 0 Å². The molecule has 0 spiro atoms. The lowest BCUT2D eigenvalue weighted by atomic mass is 9.84. The number of ether oxygens (including phenoxy) is 3. The number of carbonyl (C=O) groups excluding carboxylic acids is 1. The maximum atomic E-state index is 12.5. The minimum absolute atomic E-state index is 0.0236. The van der Waals surface area contributed by atoms with Gasteiger partial charge in [-0.2, -0.15) is 0 Å². The molecule has 0 radical (unpaired) electrons. The highest BCUT2D eigenvalue weighted by Gasteiger charge is 2.45.